The number of hydrogen-bond donors (Lipinski definition) is 1. The van der Waals surface area contributed by atoms with Crippen molar-refractivity contribution in [3.8, 4) is 28.7 Å². The van der Waals surface area contributed by atoms with E-state index in [4.69, 9.17) is 18.9 Å². The van der Waals surface area contributed by atoms with Crippen LogP contribution in [0.2, 0.25) is 0 Å². The van der Waals surface area contributed by atoms with E-state index in [9.17, 15) is 4.79 Å². The highest BCUT2D eigenvalue weighted by atomic mass is 19.1. The van der Waals surface area contributed by atoms with E-state index in [1.165, 1.54) is 12.1 Å². The number of benzene rings is 2. The summed E-state index contributed by atoms with van der Waals surface area (Å²) in [5, 5.41) is 7.78. The van der Waals surface area contributed by atoms with Crippen molar-refractivity contribution >= 4 is 22.5 Å². The average Bonchev–Trinajstić information content (AvgIpc) is 3.37. The lowest BCUT2D eigenvalue weighted by Crippen LogP contribution is -2.32. The molecule has 2 aromatic heterocycles. The Bertz CT molecular complexity index is 1530. The van der Waals surface area contributed by atoms with Crippen molar-refractivity contribution in [1.29, 1.82) is 0 Å². The van der Waals surface area contributed by atoms with Crippen molar-refractivity contribution in [2.75, 3.05) is 46.3 Å². The summed E-state index contributed by atoms with van der Waals surface area (Å²) >= 11 is 0. The Hall–Kier alpha value is -4.38. The van der Waals surface area contributed by atoms with Crippen molar-refractivity contribution in [2.24, 2.45) is 5.92 Å². The molecule has 2 aromatic carbocycles. The maximum absolute atomic E-state index is 15.2. The summed E-state index contributed by atoms with van der Waals surface area (Å²) in [4.78, 5) is 19.8. The number of methoxy groups -OCH3 is 2. The summed E-state index contributed by atoms with van der Waals surface area (Å²) in [6.45, 7) is 4.99. The highest BCUT2D eigenvalue weighted by Gasteiger charge is 2.23. The number of hydrogen-bond acceptors (Lipinski definition) is 8. The molecule has 0 aliphatic carbocycles. The highest BCUT2D eigenvalue weighted by Crippen LogP contribution is 2.37. The molecule has 0 bridgehead atoms. The first-order valence-corrected chi connectivity index (χ1v) is 13.6. The molecule has 10 nitrogen and oxygen atoms in total. The summed E-state index contributed by atoms with van der Waals surface area (Å²) in [6.07, 6.45) is 5.47. The zero-order valence-corrected chi connectivity index (χ0v) is 23.6. The standard InChI is InChI=1S/C30H34FN5O5/c1-5-40-28-18-36(17-19-9-12-35(2)13-10-19)34-29(28)30(37)33-23-7-6-20(14-22(23)31)41-25-8-11-32-24-16-27(39-4)26(38-3)15-21(24)25/h6-8,11,14-16,18-19H,5,9-10,12-13,17H2,1-4H3,(H,33,37). The molecule has 5 rings (SSSR count). The number of carbonyl (C=O) groups is 1. The zero-order valence-electron chi connectivity index (χ0n) is 23.6. The maximum Gasteiger partial charge on any atom is 0.280 e. The Morgan fingerprint density at radius 3 is 2.51 bits per heavy atom. The SMILES string of the molecule is CCOc1cn(CC2CCN(C)CC2)nc1C(=O)Nc1ccc(Oc2ccnc3cc(OC)c(OC)cc23)cc1F. The number of nitrogens with zero attached hydrogens (tertiary/aromatic N) is 4. The van der Waals surface area contributed by atoms with Gasteiger partial charge in [-0.25, -0.2) is 4.39 Å². The van der Waals surface area contributed by atoms with Crippen molar-refractivity contribution in [3.63, 3.8) is 0 Å². The molecular weight excluding hydrogens is 529 g/mol. The number of carbonyl (C=O) groups excluding carboxylic acids is 1. The molecule has 1 fully saturated rings. The van der Waals surface area contributed by atoms with Crippen LogP contribution < -0.4 is 24.3 Å². The molecule has 0 radical (unpaired) electrons. The molecule has 3 heterocycles. The van der Waals surface area contributed by atoms with Crippen LogP contribution in [-0.2, 0) is 6.54 Å². The molecule has 0 saturated carbocycles. The summed E-state index contributed by atoms with van der Waals surface area (Å²) in [5.74, 6) is 1.40. The molecule has 41 heavy (non-hydrogen) atoms. The summed E-state index contributed by atoms with van der Waals surface area (Å²) in [6, 6.07) is 9.41. The van der Waals surface area contributed by atoms with E-state index in [-0.39, 0.29) is 17.1 Å². The van der Waals surface area contributed by atoms with Gasteiger partial charge in [0.2, 0.25) is 0 Å². The first kappa shape index (κ1) is 28.2. The number of nitrogens with one attached hydrogen (secondary N) is 1. The van der Waals surface area contributed by atoms with E-state index in [1.54, 1.807) is 55.6 Å². The van der Waals surface area contributed by atoms with Gasteiger partial charge in [0.05, 0.1) is 38.2 Å². The van der Waals surface area contributed by atoms with E-state index < -0.39 is 11.7 Å². The van der Waals surface area contributed by atoms with Gasteiger partial charge in [-0.2, -0.15) is 5.10 Å². The molecule has 1 aliphatic rings. The molecule has 216 valence electrons. The maximum atomic E-state index is 15.2. The normalized spacial score (nSPS) is 14.2. The van der Waals surface area contributed by atoms with E-state index in [1.807, 2.05) is 6.92 Å². The fourth-order valence-electron chi connectivity index (χ4n) is 4.93. The van der Waals surface area contributed by atoms with Gasteiger partial charge in [-0.15, -0.1) is 0 Å². The van der Waals surface area contributed by atoms with Crippen LogP contribution in [0.3, 0.4) is 0 Å². The first-order valence-electron chi connectivity index (χ1n) is 13.6. The quantitative estimate of drug-likeness (QED) is 0.275. The molecule has 0 atom stereocenters. The molecule has 1 saturated heterocycles. The number of anilines is 1. The molecule has 0 unspecified atom stereocenters. The molecule has 4 aromatic rings. The number of amides is 1. The fraction of sp³-hybridized carbons (Fsp3) is 0.367. The molecular formula is C30H34FN5O5. The van der Waals surface area contributed by atoms with Crippen LogP contribution in [0.4, 0.5) is 10.1 Å². The van der Waals surface area contributed by atoms with Crippen LogP contribution in [0.15, 0.2) is 48.8 Å². The number of pyridine rings is 1. The van der Waals surface area contributed by atoms with Crippen LogP contribution >= 0.6 is 0 Å². The van der Waals surface area contributed by atoms with Crippen molar-refractivity contribution in [1.82, 2.24) is 19.7 Å². The lowest BCUT2D eigenvalue weighted by molar-refractivity contribution is 0.101. The minimum atomic E-state index is -0.655. The lowest BCUT2D eigenvalue weighted by Gasteiger charge is -2.28. The molecule has 1 amide bonds. The molecule has 1 N–H and O–H groups in total. The van der Waals surface area contributed by atoms with Crippen molar-refractivity contribution < 1.29 is 28.1 Å². The topological polar surface area (TPSA) is 100.0 Å². The Labute approximate surface area is 238 Å². The van der Waals surface area contributed by atoms with Gasteiger partial charge in [0, 0.05) is 30.3 Å². The Kier molecular flexibility index (Phi) is 8.53. The van der Waals surface area contributed by atoms with Gasteiger partial charge in [-0.3, -0.25) is 14.5 Å². The second-order valence-electron chi connectivity index (χ2n) is 9.97. The number of rotatable bonds is 10. The van der Waals surface area contributed by atoms with Gasteiger partial charge in [-0.1, -0.05) is 0 Å². The zero-order chi connectivity index (χ0) is 28.9. The highest BCUT2D eigenvalue weighted by molar-refractivity contribution is 6.04. The molecule has 1 aliphatic heterocycles. The van der Waals surface area contributed by atoms with Crippen molar-refractivity contribution in [2.45, 2.75) is 26.3 Å². The summed E-state index contributed by atoms with van der Waals surface area (Å²) < 4.78 is 39.3. The predicted octanol–water partition coefficient (Wildman–Crippen LogP) is 5.37. The van der Waals surface area contributed by atoms with Gasteiger partial charge in [0.15, 0.2) is 22.9 Å². The Morgan fingerprint density at radius 1 is 1.05 bits per heavy atom. The number of halogens is 1. The van der Waals surface area contributed by atoms with Crippen LogP contribution in [0.25, 0.3) is 10.9 Å². The van der Waals surface area contributed by atoms with Gasteiger partial charge in [-0.05, 0) is 70.1 Å². The number of aromatic nitrogens is 3. The largest absolute Gasteiger partial charge is 0.493 e. The van der Waals surface area contributed by atoms with Gasteiger partial charge < -0.3 is 29.2 Å². The summed E-state index contributed by atoms with van der Waals surface area (Å²) in [7, 11) is 5.21. The number of likely N-dealkylation sites (tertiary alicyclic amines) is 1. The second kappa shape index (κ2) is 12.4. The average molecular weight is 564 g/mol. The van der Waals surface area contributed by atoms with Crippen LogP contribution in [0, 0.1) is 11.7 Å². The smallest absolute Gasteiger partial charge is 0.280 e. The van der Waals surface area contributed by atoms with E-state index in [0.29, 0.717) is 53.0 Å². The Balaban J connectivity index is 1.31. The third kappa shape index (κ3) is 6.35. The molecule has 0 spiro atoms. The van der Waals surface area contributed by atoms with Crippen LogP contribution in [0.5, 0.6) is 28.7 Å². The number of fused-ring (bicyclic) bond motifs is 1. The van der Waals surface area contributed by atoms with Gasteiger partial charge >= 0.3 is 0 Å². The first-order chi connectivity index (χ1) is 19.9. The minimum Gasteiger partial charge on any atom is -0.493 e. The third-order valence-corrected chi connectivity index (χ3v) is 7.15. The number of piperidine rings is 1. The predicted molar refractivity (Wildman–Crippen MR) is 153 cm³/mol. The van der Waals surface area contributed by atoms with Gasteiger partial charge in [0.1, 0.15) is 17.3 Å². The fourth-order valence-corrected chi connectivity index (χ4v) is 4.93. The Morgan fingerprint density at radius 2 is 1.80 bits per heavy atom. The van der Waals surface area contributed by atoms with Crippen LogP contribution in [-0.4, -0.2) is 66.5 Å². The van der Waals surface area contributed by atoms with Gasteiger partial charge in [0.25, 0.3) is 5.91 Å². The van der Waals surface area contributed by atoms with E-state index in [0.717, 1.165) is 25.9 Å². The van der Waals surface area contributed by atoms with E-state index in [2.05, 4.69) is 27.3 Å². The lowest BCUT2D eigenvalue weighted by atomic mass is 9.97. The third-order valence-electron chi connectivity index (χ3n) is 7.15. The molecule has 11 heteroatoms. The van der Waals surface area contributed by atoms with Crippen LogP contribution in [0.1, 0.15) is 30.3 Å². The van der Waals surface area contributed by atoms with Crippen molar-refractivity contribution in [3.05, 3.63) is 60.3 Å². The number of ether oxygens (including phenoxy) is 4. The minimum absolute atomic E-state index is 0.000609. The second-order valence-corrected chi connectivity index (χ2v) is 9.97. The monoisotopic (exact) mass is 563 g/mol. The summed E-state index contributed by atoms with van der Waals surface area (Å²) in [5.41, 5.74) is 0.748. The van der Waals surface area contributed by atoms with E-state index >= 15 is 4.39 Å².